The average molecular weight is 356 g/mol. The van der Waals surface area contributed by atoms with E-state index in [1.54, 1.807) is 48.5 Å². The van der Waals surface area contributed by atoms with Gasteiger partial charge in [-0.25, -0.2) is 8.42 Å². The summed E-state index contributed by atoms with van der Waals surface area (Å²) in [6.07, 6.45) is 1.55. The number of hydrogen-bond donors (Lipinski definition) is 0. The number of sulfonamides is 1. The number of halogens is 2. The molecule has 22 heavy (non-hydrogen) atoms. The zero-order chi connectivity index (χ0) is 16.2. The van der Waals surface area contributed by atoms with Crippen LogP contribution in [0.25, 0.3) is 0 Å². The van der Waals surface area contributed by atoms with Crippen molar-refractivity contribution < 1.29 is 8.42 Å². The summed E-state index contributed by atoms with van der Waals surface area (Å²) in [5.41, 5.74) is 1.18. The molecule has 0 aromatic heterocycles. The third-order valence-corrected chi connectivity index (χ3v) is 5.48. The molecule has 0 fully saturated rings. The predicted octanol–water partition coefficient (Wildman–Crippen LogP) is 4.52. The second-order valence-corrected chi connectivity index (χ2v) is 7.37. The minimum atomic E-state index is -3.56. The number of rotatable bonds is 6. The Morgan fingerprint density at radius 2 is 1.73 bits per heavy atom. The van der Waals surface area contributed by atoms with Crippen molar-refractivity contribution in [3.63, 3.8) is 0 Å². The molecular weight excluding hydrogens is 341 g/mol. The van der Waals surface area contributed by atoms with Gasteiger partial charge in [0.15, 0.2) is 0 Å². The fourth-order valence-corrected chi connectivity index (χ4v) is 3.86. The van der Waals surface area contributed by atoms with E-state index in [4.69, 9.17) is 23.2 Å². The molecule has 0 radical (unpaired) electrons. The van der Waals surface area contributed by atoms with E-state index in [1.165, 1.54) is 4.31 Å². The first-order valence-corrected chi connectivity index (χ1v) is 8.91. The molecule has 0 N–H and O–H groups in total. The van der Waals surface area contributed by atoms with Crippen molar-refractivity contribution >= 4 is 38.9 Å². The van der Waals surface area contributed by atoms with Crippen LogP contribution in [0, 0.1) is 0 Å². The van der Waals surface area contributed by atoms with Crippen molar-refractivity contribution in [1.82, 2.24) is 0 Å². The first kappa shape index (κ1) is 16.9. The maximum atomic E-state index is 12.7. The molecule has 0 saturated heterocycles. The van der Waals surface area contributed by atoms with Gasteiger partial charge in [0.2, 0.25) is 10.0 Å². The molecule has 0 amide bonds. The van der Waals surface area contributed by atoms with Crippen molar-refractivity contribution in [2.45, 2.75) is 5.75 Å². The second kappa shape index (κ2) is 7.18. The molecule has 0 saturated carbocycles. The summed E-state index contributed by atoms with van der Waals surface area (Å²) in [5.74, 6) is -0.160. The molecule has 0 atom stereocenters. The Labute approximate surface area is 140 Å². The van der Waals surface area contributed by atoms with E-state index in [-0.39, 0.29) is 12.3 Å². The molecule has 0 spiro atoms. The van der Waals surface area contributed by atoms with Crippen LogP contribution < -0.4 is 4.31 Å². The molecule has 2 aromatic rings. The van der Waals surface area contributed by atoms with Gasteiger partial charge in [-0.05, 0) is 29.8 Å². The fraction of sp³-hybridized carbons (Fsp3) is 0.125. The van der Waals surface area contributed by atoms with Crippen molar-refractivity contribution in [2.75, 3.05) is 10.8 Å². The molecule has 0 heterocycles. The van der Waals surface area contributed by atoms with E-state index in [9.17, 15) is 8.42 Å². The lowest BCUT2D eigenvalue weighted by molar-refractivity contribution is 0.592. The number of nitrogens with zero attached hydrogens (tertiary/aromatic N) is 1. The van der Waals surface area contributed by atoms with E-state index in [1.807, 2.05) is 6.07 Å². The summed E-state index contributed by atoms with van der Waals surface area (Å²) in [4.78, 5) is 0. The van der Waals surface area contributed by atoms with Crippen LogP contribution in [0.4, 0.5) is 5.69 Å². The molecule has 3 nitrogen and oxygen atoms in total. The highest BCUT2D eigenvalue weighted by atomic mass is 35.5. The van der Waals surface area contributed by atoms with Gasteiger partial charge in [0.1, 0.15) is 0 Å². The molecule has 0 aliphatic rings. The smallest absolute Gasteiger partial charge is 0.239 e. The van der Waals surface area contributed by atoms with Crippen molar-refractivity contribution in [3.8, 4) is 0 Å². The first-order chi connectivity index (χ1) is 10.4. The van der Waals surface area contributed by atoms with Gasteiger partial charge in [-0.1, -0.05) is 53.5 Å². The Hall–Kier alpha value is -1.49. The molecular formula is C16H15Cl2NO2S. The Bertz CT molecular complexity index is 761. The Balaban J connectivity index is 2.33. The van der Waals surface area contributed by atoms with Crippen LogP contribution in [-0.4, -0.2) is 15.0 Å². The summed E-state index contributed by atoms with van der Waals surface area (Å²) < 4.78 is 26.7. The Morgan fingerprint density at radius 3 is 2.32 bits per heavy atom. The predicted molar refractivity (Wildman–Crippen MR) is 93.1 cm³/mol. The quantitative estimate of drug-likeness (QED) is 0.714. The van der Waals surface area contributed by atoms with Gasteiger partial charge in [-0.3, -0.25) is 4.31 Å². The van der Waals surface area contributed by atoms with Gasteiger partial charge in [0, 0.05) is 0 Å². The monoisotopic (exact) mass is 355 g/mol. The summed E-state index contributed by atoms with van der Waals surface area (Å²) in [7, 11) is -3.56. The second-order valence-electron chi connectivity index (χ2n) is 4.66. The number of hydrogen-bond acceptors (Lipinski definition) is 2. The van der Waals surface area contributed by atoms with Crippen molar-refractivity contribution in [2.24, 2.45) is 0 Å². The summed E-state index contributed by atoms with van der Waals surface area (Å²) in [5, 5.41) is 0.734. The summed E-state index contributed by atoms with van der Waals surface area (Å²) in [6.45, 7) is 3.83. The zero-order valence-electron chi connectivity index (χ0n) is 11.7. The third-order valence-electron chi connectivity index (χ3n) is 3.01. The molecule has 0 bridgehead atoms. The van der Waals surface area contributed by atoms with Crippen LogP contribution >= 0.6 is 23.2 Å². The van der Waals surface area contributed by atoms with E-state index in [0.717, 1.165) is 0 Å². The van der Waals surface area contributed by atoms with E-state index in [2.05, 4.69) is 6.58 Å². The first-order valence-electron chi connectivity index (χ1n) is 6.54. The normalized spacial score (nSPS) is 11.2. The molecule has 0 aliphatic heterocycles. The van der Waals surface area contributed by atoms with Gasteiger partial charge < -0.3 is 0 Å². The summed E-state index contributed by atoms with van der Waals surface area (Å²) in [6, 6.07) is 13.7. The molecule has 116 valence electrons. The number of para-hydroxylation sites is 1. The number of benzene rings is 2. The van der Waals surface area contributed by atoms with Crippen LogP contribution in [0.15, 0.2) is 61.2 Å². The van der Waals surface area contributed by atoms with Crippen LogP contribution in [0.3, 0.4) is 0 Å². The topological polar surface area (TPSA) is 37.4 Å². The van der Waals surface area contributed by atoms with Crippen molar-refractivity contribution in [3.05, 3.63) is 76.8 Å². The number of anilines is 1. The lowest BCUT2D eigenvalue weighted by atomic mass is 10.2. The van der Waals surface area contributed by atoms with Crippen molar-refractivity contribution in [1.29, 1.82) is 0 Å². The molecule has 2 rings (SSSR count). The molecule has 2 aromatic carbocycles. The average Bonchev–Trinajstić information content (AvgIpc) is 2.49. The van der Waals surface area contributed by atoms with Gasteiger partial charge in [0.05, 0.1) is 28.0 Å². The summed E-state index contributed by atoms with van der Waals surface area (Å²) >= 11 is 11.8. The van der Waals surface area contributed by atoms with Gasteiger partial charge in [-0.2, -0.15) is 0 Å². The highest BCUT2D eigenvalue weighted by Crippen LogP contribution is 2.25. The maximum Gasteiger partial charge on any atom is 0.239 e. The molecule has 0 aliphatic carbocycles. The van der Waals surface area contributed by atoms with Gasteiger partial charge in [0.25, 0.3) is 0 Å². The van der Waals surface area contributed by atoms with E-state index >= 15 is 0 Å². The van der Waals surface area contributed by atoms with Crippen LogP contribution in [0.5, 0.6) is 0 Å². The minimum Gasteiger partial charge on any atom is -0.266 e. The van der Waals surface area contributed by atoms with E-state index in [0.29, 0.717) is 21.3 Å². The van der Waals surface area contributed by atoms with Gasteiger partial charge in [-0.15, -0.1) is 6.58 Å². The fourth-order valence-electron chi connectivity index (χ4n) is 2.01. The van der Waals surface area contributed by atoms with Crippen LogP contribution in [0.1, 0.15) is 5.56 Å². The largest absolute Gasteiger partial charge is 0.266 e. The highest BCUT2D eigenvalue weighted by molar-refractivity contribution is 7.92. The SMILES string of the molecule is C=CCN(c1ccccc1)S(=O)(=O)Cc1ccc(Cl)c(Cl)c1. The Morgan fingerprint density at radius 1 is 1.05 bits per heavy atom. The minimum absolute atomic E-state index is 0.160. The molecule has 6 heteroatoms. The standard InChI is InChI=1S/C16H15Cl2NO2S/c1-2-10-19(14-6-4-3-5-7-14)22(20,21)12-13-8-9-15(17)16(18)11-13/h2-9,11H,1,10,12H2. The molecule has 0 unspecified atom stereocenters. The van der Waals surface area contributed by atoms with Crippen LogP contribution in [-0.2, 0) is 15.8 Å². The zero-order valence-corrected chi connectivity index (χ0v) is 14.1. The van der Waals surface area contributed by atoms with Crippen LogP contribution in [0.2, 0.25) is 10.0 Å². The highest BCUT2D eigenvalue weighted by Gasteiger charge is 2.22. The lowest BCUT2D eigenvalue weighted by Gasteiger charge is -2.23. The third kappa shape index (κ3) is 4.03. The maximum absolute atomic E-state index is 12.7. The van der Waals surface area contributed by atoms with Gasteiger partial charge >= 0.3 is 0 Å². The van der Waals surface area contributed by atoms with E-state index < -0.39 is 10.0 Å². The lowest BCUT2D eigenvalue weighted by Crippen LogP contribution is -2.32. The Kier molecular flexibility index (Phi) is 5.51.